The summed E-state index contributed by atoms with van der Waals surface area (Å²) < 4.78 is 13.0. The standard InChI is InChI=1S/C30H36N8O3/c1-20-23-9-8-22(40-3)18-26(23)38(35-20)29-11-12-32-30(34-29)33-24-17-21(7-10-28(31)39)25(19-27(24)41-4)36(2)15-16-37-13-5-6-14-37/h7-12,17-19H,5-6,13-16H2,1-4H3,(H2,31,39)(H,32,33,34). The summed E-state index contributed by atoms with van der Waals surface area (Å²) >= 11 is 0. The number of aryl methyl sites for hydroxylation is 1. The largest absolute Gasteiger partial charge is 0.497 e. The third-order valence-electron chi connectivity index (χ3n) is 7.31. The number of ether oxygens (including phenoxy) is 2. The number of nitrogens with one attached hydrogen (secondary N) is 1. The lowest BCUT2D eigenvalue weighted by Crippen LogP contribution is -2.31. The summed E-state index contributed by atoms with van der Waals surface area (Å²) in [6.45, 7) is 6.03. The Hall–Kier alpha value is -4.64. The minimum atomic E-state index is -0.518. The Morgan fingerprint density at radius 1 is 1.15 bits per heavy atom. The topological polar surface area (TPSA) is 124 Å². The van der Waals surface area contributed by atoms with E-state index in [2.05, 4.69) is 20.1 Å². The number of rotatable bonds is 11. The molecule has 3 heterocycles. The SMILES string of the molecule is COc1ccc2c(C)nn(-c3ccnc(Nc4cc(C=CC(N)=O)c(N(C)CCN5CCCC5)cc4OC)n3)c2c1. The molecule has 1 amide bonds. The first-order chi connectivity index (χ1) is 19.9. The normalized spacial score (nSPS) is 13.7. The van der Waals surface area contributed by atoms with Gasteiger partial charge in [0.05, 0.1) is 31.1 Å². The van der Waals surface area contributed by atoms with Gasteiger partial charge in [-0.15, -0.1) is 0 Å². The van der Waals surface area contributed by atoms with E-state index in [1.807, 2.05) is 44.3 Å². The Labute approximate surface area is 239 Å². The Morgan fingerprint density at radius 3 is 2.68 bits per heavy atom. The smallest absolute Gasteiger partial charge is 0.241 e. The van der Waals surface area contributed by atoms with Gasteiger partial charge in [-0.05, 0) is 57.1 Å². The van der Waals surface area contributed by atoms with Gasteiger partial charge in [0.25, 0.3) is 0 Å². The van der Waals surface area contributed by atoms with Crippen molar-refractivity contribution >= 4 is 40.2 Å². The maximum Gasteiger partial charge on any atom is 0.241 e. The monoisotopic (exact) mass is 556 g/mol. The molecule has 0 saturated carbocycles. The number of nitrogens with zero attached hydrogens (tertiary/aromatic N) is 6. The molecular weight excluding hydrogens is 520 g/mol. The Bertz CT molecular complexity index is 1580. The fourth-order valence-corrected chi connectivity index (χ4v) is 5.11. The van der Waals surface area contributed by atoms with Gasteiger partial charge in [0, 0.05) is 67.2 Å². The first-order valence-corrected chi connectivity index (χ1v) is 13.6. The van der Waals surface area contributed by atoms with Crippen LogP contribution in [0.15, 0.2) is 48.7 Å². The van der Waals surface area contributed by atoms with Gasteiger partial charge in [0.15, 0.2) is 5.82 Å². The number of fused-ring (bicyclic) bond motifs is 1. The highest BCUT2D eigenvalue weighted by atomic mass is 16.5. The molecule has 11 heteroatoms. The van der Waals surface area contributed by atoms with Gasteiger partial charge in [-0.25, -0.2) is 9.67 Å². The minimum absolute atomic E-state index is 0.366. The first-order valence-electron chi connectivity index (χ1n) is 13.6. The van der Waals surface area contributed by atoms with Gasteiger partial charge in [0.1, 0.15) is 11.5 Å². The lowest BCUT2D eigenvalue weighted by molar-refractivity contribution is -0.113. The average Bonchev–Trinajstić information content (AvgIpc) is 3.62. The van der Waals surface area contributed by atoms with E-state index in [1.165, 1.54) is 18.9 Å². The predicted octanol–water partition coefficient (Wildman–Crippen LogP) is 3.92. The van der Waals surface area contributed by atoms with Crippen molar-refractivity contribution in [2.24, 2.45) is 5.73 Å². The van der Waals surface area contributed by atoms with Crippen LogP contribution in [0.5, 0.6) is 11.5 Å². The molecule has 0 radical (unpaired) electrons. The van der Waals surface area contributed by atoms with Gasteiger partial charge in [-0.3, -0.25) is 4.79 Å². The minimum Gasteiger partial charge on any atom is -0.497 e. The van der Waals surface area contributed by atoms with Crippen LogP contribution in [0.25, 0.3) is 22.8 Å². The van der Waals surface area contributed by atoms with Crippen molar-refractivity contribution in [1.82, 2.24) is 24.6 Å². The summed E-state index contributed by atoms with van der Waals surface area (Å²) in [5, 5.41) is 9.01. The van der Waals surface area contributed by atoms with Gasteiger partial charge < -0.3 is 30.3 Å². The molecule has 0 unspecified atom stereocenters. The van der Waals surface area contributed by atoms with Crippen molar-refractivity contribution < 1.29 is 14.3 Å². The second kappa shape index (κ2) is 12.3. The third kappa shape index (κ3) is 6.25. The molecule has 0 atom stereocenters. The molecule has 1 aliphatic heterocycles. The van der Waals surface area contributed by atoms with Crippen LogP contribution in [0.3, 0.4) is 0 Å². The molecule has 214 valence electrons. The number of hydrogen-bond acceptors (Lipinski definition) is 9. The van der Waals surface area contributed by atoms with Crippen molar-refractivity contribution in [1.29, 1.82) is 0 Å². The molecule has 1 aliphatic rings. The van der Waals surface area contributed by atoms with Crippen LogP contribution < -0.4 is 25.4 Å². The number of methoxy groups -OCH3 is 2. The predicted molar refractivity (Wildman–Crippen MR) is 161 cm³/mol. The number of primary amides is 1. The molecule has 0 spiro atoms. The summed E-state index contributed by atoms with van der Waals surface area (Å²) in [5.41, 5.74) is 9.58. The van der Waals surface area contributed by atoms with Crippen molar-refractivity contribution in [2.75, 3.05) is 57.7 Å². The van der Waals surface area contributed by atoms with Crippen LogP contribution in [0.1, 0.15) is 24.1 Å². The Morgan fingerprint density at radius 2 is 1.95 bits per heavy atom. The number of anilines is 3. The summed E-state index contributed by atoms with van der Waals surface area (Å²) in [5.74, 6) is 1.79. The molecule has 1 fully saturated rings. The van der Waals surface area contributed by atoms with Crippen LogP contribution in [0, 0.1) is 6.92 Å². The summed E-state index contributed by atoms with van der Waals surface area (Å²) in [4.78, 5) is 25.4. The summed E-state index contributed by atoms with van der Waals surface area (Å²) in [7, 11) is 5.30. The van der Waals surface area contributed by atoms with Crippen molar-refractivity contribution in [3.63, 3.8) is 0 Å². The molecule has 2 aromatic heterocycles. The molecule has 0 bridgehead atoms. The van der Waals surface area contributed by atoms with E-state index in [1.54, 1.807) is 37.2 Å². The molecule has 3 N–H and O–H groups in total. The number of carbonyl (C=O) groups excluding carboxylic acids is 1. The van der Waals surface area contributed by atoms with Crippen LogP contribution >= 0.6 is 0 Å². The molecule has 0 aliphatic carbocycles. The molecule has 5 rings (SSSR count). The van der Waals surface area contributed by atoms with Crippen molar-refractivity contribution in [3.05, 3.63) is 59.9 Å². The Balaban J connectivity index is 1.47. The third-order valence-corrected chi connectivity index (χ3v) is 7.31. The number of amides is 1. The number of aromatic nitrogens is 4. The van der Waals surface area contributed by atoms with Gasteiger partial charge >= 0.3 is 0 Å². The first kappa shape index (κ1) is 27.9. The Kier molecular flexibility index (Phi) is 8.34. The lowest BCUT2D eigenvalue weighted by Gasteiger charge is -2.26. The average molecular weight is 557 g/mol. The number of likely N-dealkylation sites (tertiary alicyclic amines) is 1. The highest BCUT2D eigenvalue weighted by molar-refractivity contribution is 5.92. The highest BCUT2D eigenvalue weighted by Gasteiger charge is 2.17. The van der Waals surface area contributed by atoms with E-state index in [4.69, 9.17) is 25.3 Å². The number of nitrogens with two attached hydrogens (primary N) is 1. The second-order valence-corrected chi connectivity index (χ2v) is 10.1. The fraction of sp³-hybridized carbons (Fsp3) is 0.333. The van der Waals surface area contributed by atoms with Gasteiger partial charge in [-0.1, -0.05) is 0 Å². The van der Waals surface area contributed by atoms with Crippen LogP contribution in [0.4, 0.5) is 17.3 Å². The van der Waals surface area contributed by atoms with E-state index in [0.717, 1.165) is 59.8 Å². The summed E-state index contributed by atoms with van der Waals surface area (Å²) in [6, 6.07) is 11.5. The van der Waals surface area contributed by atoms with E-state index < -0.39 is 5.91 Å². The maximum atomic E-state index is 11.6. The van der Waals surface area contributed by atoms with Crippen LogP contribution in [-0.4, -0.2) is 78.0 Å². The number of hydrogen-bond donors (Lipinski definition) is 2. The van der Waals surface area contributed by atoms with E-state index in [-0.39, 0.29) is 0 Å². The van der Waals surface area contributed by atoms with Crippen LogP contribution in [-0.2, 0) is 4.79 Å². The van der Waals surface area contributed by atoms with Gasteiger partial charge in [0.2, 0.25) is 11.9 Å². The van der Waals surface area contributed by atoms with Crippen LogP contribution in [0.2, 0.25) is 0 Å². The van der Waals surface area contributed by atoms with Crippen molar-refractivity contribution in [2.45, 2.75) is 19.8 Å². The second-order valence-electron chi connectivity index (χ2n) is 10.1. The molecule has 4 aromatic rings. The summed E-state index contributed by atoms with van der Waals surface area (Å²) in [6.07, 6.45) is 7.25. The zero-order chi connectivity index (χ0) is 28.9. The maximum absolute atomic E-state index is 11.6. The molecule has 11 nitrogen and oxygen atoms in total. The number of likely N-dealkylation sites (N-methyl/N-ethyl adjacent to an activating group) is 1. The molecule has 1 saturated heterocycles. The lowest BCUT2D eigenvalue weighted by atomic mass is 10.1. The van der Waals surface area contributed by atoms with Crippen molar-refractivity contribution in [3.8, 4) is 17.3 Å². The quantitative estimate of drug-likeness (QED) is 0.265. The van der Waals surface area contributed by atoms with Gasteiger partial charge in [-0.2, -0.15) is 10.1 Å². The zero-order valence-corrected chi connectivity index (χ0v) is 23.9. The van der Waals surface area contributed by atoms with E-state index in [9.17, 15) is 4.79 Å². The van der Waals surface area contributed by atoms with E-state index >= 15 is 0 Å². The molecular formula is C30H36N8O3. The zero-order valence-electron chi connectivity index (χ0n) is 23.9. The highest BCUT2D eigenvalue weighted by Crippen LogP contribution is 2.35. The fourth-order valence-electron chi connectivity index (χ4n) is 5.11. The molecule has 41 heavy (non-hydrogen) atoms. The number of benzene rings is 2. The van der Waals surface area contributed by atoms with E-state index in [0.29, 0.717) is 23.2 Å². The molecule has 2 aromatic carbocycles. The number of carbonyl (C=O) groups is 1.